The molecule has 0 radical (unpaired) electrons. The predicted octanol–water partition coefficient (Wildman–Crippen LogP) is 2.24. The third kappa shape index (κ3) is 4.43. The highest BCUT2D eigenvalue weighted by atomic mass is 15.1. The molecule has 0 bridgehead atoms. The van der Waals surface area contributed by atoms with Gasteiger partial charge in [-0.25, -0.2) is 0 Å². The minimum absolute atomic E-state index is 0.473. The molecule has 2 N–H and O–H groups in total. The van der Waals surface area contributed by atoms with Gasteiger partial charge in [0.15, 0.2) is 0 Å². The molecule has 1 rings (SSSR count). The van der Waals surface area contributed by atoms with Crippen LogP contribution in [0.4, 0.5) is 0 Å². The van der Waals surface area contributed by atoms with Crippen LogP contribution in [-0.2, 0) is 0 Å². The molecule has 0 amide bonds. The summed E-state index contributed by atoms with van der Waals surface area (Å²) in [6.07, 6.45) is 6.47. The normalized spacial score (nSPS) is 22.5. The molecule has 1 aliphatic rings. The van der Waals surface area contributed by atoms with Gasteiger partial charge in [-0.3, -0.25) is 0 Å². The maximum Gasteiger partial charge on any atom is 0.00631 e. The van der Waals surface area contributed by atoms with Crippen LogP contribution in [0.2, 0.25) is 0 Å². The van der Waals surface area contributed by atoms with Crippen molar-refractivity contribution in [2.24, 2.45) is 11.7 Å². The molecule has 0 aliphatic carbocycles. The van der Waals surface area contributed by atoms with Crippen molar-refractivity contribution in [1.29, 1.82) is 0 Å². The topological polar surface area (TPSA) is 29.3 Å². The van der Waals surface area contributed by atoms with Gasteiger partial charge >= 0.3 is 0 Å². The van der Waals surface area contributed by atoms with Crippen LogP contribution in [0.15, 0.2) is 0 Å². The molecule has 0 aromatic carbocycles. The third-order valence-corrected chi connectivity index (χ3v) is 3.50. The molecule has 1 heterocycles. The van der Waals surface area contributed by atoms with Gasteiger partial charge in [-0.2, -0.15) is 0 Å². The number of nitrogens with zero attached hydrogens (tertiary/aromatic N) is 1. The molecule has 1 aliphatic heterocycles. The number of likely N-dealkylation sites (tertiary alicyclic amines) is 1. The second kappa shape index (κ2) is 6.41. The van der Waals surface area contributed by atoms with E-state index in [-0.39, 0.29) is 0 Å². The Hall–Kier alpha value is -0.0800. The molecule has 1 unspecified atom stereocenters. The van der Waals surface area contributed by atoms with Crippen LogP contribution in [0.25, 0.3) is 0 Å². The van der Waals surface area contributed by atoms with Crippen LogP contribution >= 0.6 is 0 Å². The lowest BCUT2D eigenvalue weighted by atomic mass is 10.0. The lowest BCUT2D eigenvalue weighted by molar-refractivity contribution is 0.206. The highest BCUT2D eigenvalue weighted by Gasteiger charge is 2.15. The molecule has 14 heavy (non-hydrogen) atoms. The number of hydrogen-bond donors (Lipinski definition) is 1. The molecule has 84 valence electrons. The minimum Gasteiger partial charge on any atom is -0.328 e. The monoisotopic (exact) mass is 198 g/mol. The first-order valence-electron chi connectivity index (χ1n) is 6.20. The molecule has 0 aromatic rings. The van der Waals surface area contributed by atoms with Crippen LogP contribution in [0.3, 0.4) is 0 Å². The Balaban J connectivity index is 2.02. The van der Waals surface area contributed by atoms with E-state index in [1.165, 1.54) is 51.7 Å². The first kappa shape index (κ1) is 12.0. The summed E-state index contributed by atoms with van der Waals surface area (Å²) in [5, 5.41) is 0. The summed E-state index contributed by atoms with van der Waals surface area (Å²) in [7, 11) is 0. The summed E-state index contributed by atoms with van der Waals surface area (Å²) >= 11 is 0. The van der Waals surface area contributed by atoms with Crippen molar-refractivity contribution < 1.29 is 0 Å². The SMILES string of the molecule is CCC(C)CCCN1CCC(N)CC1. The smallest absolute Gasteiger partial charge is 0.00631 e. The standard InChI is InChI=1S/C12H26N2/c1-3-11(2)5-4-8-14-9-6-12(13)7-10-14/h11-12H,3-10,13H2,1-2H3. The van der Waals surface area contributed by atoms with E-state index in [1.54, 1.807) is 0 Å². The van der Waals surface area contributed by atoms with Crippen LogP contribution in [0.5, 0.6) is 0 Å². The highest BCUT2D eigenvalue weighted by molar-refractivity contribution is 4.73. The second-order valence-electron chi connectivity index (χ2n) is 4.83. The quantitative estimate of drug-likeness (QED) is 0.734. The van der Waals surface area contributed by atoms with Crippen LogP contribution in [-0.4, -0.2) is 30.6 Å². The lowest BCUT2D eigenvalue weighted by Crippen LogP contribution is -2.40. The fraction of sp³-hybridized carbons (Fsp3) is 1.00. The van der Waals surface area contributed by atoms with Crippen molar-refractivity contribution in [3.05, 3.63) is 0 Å². The second-order valence-corrected chi connectivity index (χ2v) is 4.83. The number of nitrogens with two attached hydrogens (primary N) is 1. The highest BCUT2D eigenvalue weighted by Crippen LogP contribution is 2.12. The van der Waals surface area contributed by atoms with Crippen molar-refractivity contribution in [3.8, 4) is 0 Å². The first-order valence-corrected chi connectivity index (χ1v) is 6.20. The summed E-state index contributed by atoms with van der Waals surface area (Å²) in [6, 6.07) is 0.473. The van der Waals surface area contributed by atoms with Crippen molar-refractivity contribution >= 4 is 0 Å². The minimum atomic E-state index is 0.473. The van der Waals surface area contributed by atoms with Crippen LogP contribution in [0, 0.1) is 5.92 Å². The Morgan fingerprint density at radius 1 is 1.36 bits per heavy atom. The van der Waals surface area contributed by atoms with E-state index in [0.717, 1.165) is 5.92 Å². The molecule has 1 fully saturated rings. The Bertz CT molecular complexity index is 139. The van der Waals surface area contributed by atoms with E-state index in [4.69, 9.17) is 5.73 Å². The summed E-state index contributed by atoms with van der Waals surface area (Å²) in [6.45, 7) is 8.37. The van der Waals surface area contributed by atoms with Gasteiger partial charge in [-0.15, -0.1) is 0 Å². The van der Waals surface area contributed by atoms with Gasteiger partial charge in [0.25, 0.3) is 0 Å². The van der Waals surface area contributed by atoms with Gasteiger partial charge in [0, 0.05) is 6.04 Å². The zero-order valence-electron chi connectivity index (χ0n) is 9.84. The average Bonchev–Trinajstić information content (AvgIpc) is 2.21. The van der Waals surface area contributed by atoms with Crippen molar-refractivity contribution in [1.82, 2.24) is 4.90 Å². The van der Waals surface area contributed by atoms with Crippen LogP contribution in [0.1, 0.15) is 46.0 Å². The molecule has 2 heteroatoms. The molecule has 1 saturated heterocycles. The van der Waals surface area contributed by atoms with Crippen LogP contribution < -0.4 is 5.73 Å². The largest absolute Gasteiger partial charge is 0.328 e. The van der Waals surface area contributed by atoms with Gasteiger partial charge < -0.3 is 10.6 Å². The molecular weight excluding hydrogens is 172 g/mol. The third-order valence-electron chi connectivity index (χ3n) is 3.50. The van der Waals surface area contributed by atoms with E-state index < -0.39 is 0 Å². The molecule has 0 saturated carbocycles. The lowest BCUT2D eigenvalue weighted by Gasteiger charge is -2.30. The zero-order chi connectivity index (χ0) is 10.4. The Kier molecular flexibility index (Phi) is 5.49. The van der Waals surface area contributed by atoms with E-state index in [9.17, 15) is 0 Å². The molecule has 1 atom stereocenters. The van der Waals surface area contributed by atoms with Gasteiger partial charge in [-0.05, 0) is 51.2 Å². The molecule has 2 nitrogen and oxygen atoms in total. The van der Waals surface area contributed by atoms with E-state index >= 15 is 0 Å². The fourth-order valence-corrected chi connectivity index (χ4v) is 2.04. The van der Waals surface area contributed by atoms with Crippen molar-refractivity contribution in [3.63, 3.8) is 0 Å². The van der Waals surface area contributed by atoms with Gasteiger partial charge in [0.2, 0.25) is 0 Å². The van der Waals surface area contributed by atoms with Crippen molar-refractivity contribution in [2.45, 2.75) is 52.0 Å². The maximum absolute atomic E-state index is 5.87. The first-order chi connectivity index (χ1) is 6.72. The average molecular weight is 198 g/mol. The Morgan fingerprint density at radius 2 is 2.00 bits per heavy atom. The number of rotatable bonds is 5. The van der Waals surface area contributed by atoms with Gasteiger partial charge in [0.1, 0.15) is 0 Å². The zero-order valence-corrected chi connectivity index (χ0v) is 9.84. The summed E-state index contributed by atoms with van der Waals surface area (Å²) in [4.78, 5) is 2.58. The Morgan fingerprint density at radius 3 is 2.57 bits per heavy atom. The number of hydrogen-bond acceptors (Lipinski definition) is 2. The van der Waals surface area contributed by atoms with Crippen molar-refractivity contribution in [2.75, 3.05) is 19.6 Å². The molecule has 0 aromatic heterocycles. The van der Waals surface area contributed by atoms with E-state index in [2.05, 4.69) is 18.7 Å². The summed E-state index contributed by atoms with van der Waals surface area (Å²) in [5.41, 5.74) is 5.87. The fourth-order valence-electron chi connectivity index (χ4n) is 2.04. The number of piperidine rings is 1. The summed E-state index contributed by atoms with van der Waals surface area (Å²) < 4.78 is 0. The van der Waals surface area contributed by atoms with E-state index in [1.807, 2.05) is 0 Å². The van der Waals surface area contributed by atoms with Gasteiger partial charge in [0.05, 0.1) is 0 Å². The summed E-state index contributed by atoms with van der Waals surface area (Å²) in [5.74, 6) is 0.905. The Labute approximate surface area is 88.8 Å². The molecule has 0 spiro atoms. The maximum atomic E-state index is 5.87. The predicted molar refractivity (Wildman–Crippen MR) is 62.3 cm³/mol. The molecular formula is C12H26N2. The van der Waals surface area contributed by atoms with Gasteiger partial charge in [-0.1, -0.05) is 20.3 Å². The van der Waals surface area contributed by atoms with E-state index in [0.29, 0.717) is 6.04 Å².